The van der Waals surface area contributed by atoms with Crippen LogP contribution < -0.4 is 14.8 Å². The third kappa shape index (κ3) is 4.48. The van der Waals surface area contributed by atoms with E-state index in [1.165, 1.54) is 15.6 Å². The number of sulfonamides is 1. The van der Waals surface area contributed by atoms with E-state index in [1.54, 1.807) is 37.8 Å². The molecule has 152 valence electrons. The van der Waals surface area contributed by atoms with Crippen LogP contribution in [0.15, 0.2) is 39.9 Å². The molecule has 1 N–H and O–H groups in total. The standard InChI is InChI=1S/C19H24N2O5S2/c1-25-16-8-7-14(11-17(16)26-2)12-20-19(22)15-5-3-9-21(13-15)28(23,24)18-6-4-10-27-18/h4,6-8,10-11,15H,3,5,9,12-13H2,1-2H3,(H,20,22)/t15-/m1/s1. The van der Waals surface area contributed by atoms with Crippen LogP contribution in [0, 0.1) is 5.92 Å². The van der Waals surface area contributed by atoms with Gasteiger partial charge in [0.15, 0.2) is 11.5 Å². The first-order valence-corrected chi connectivity index (χ1v) is 11.3. The van der Waals surface area contributed by atoms with Crippen molar-refractivity contribution >= 4 is 27.3 Å². The van der Waals surface area contributed by atoms with E-state index in [2.05, 4.69) is 5.32 Å². The van der Waals surface area contributed by atoms with E-state index < -0.39 is 10.0 Å². The van der Waals surface area contributed by atoms with E-state index >= 15 is 0 Å². The van der Waals surface area contributed by atoms with Gasteiger partial charge in [-0.25, -0.2) is 8.42 Å². The molecular weight excluding hydrogens is 400 g/mol. The average molecular weight is 425 g/mol. The molecular formula is C19H24N2O5S2. The van der Waals surface area contributed by atoms with Crippen molar-refractivity contribution in [2.45, 2.75) is 23.6 Å². The molecule has 0 saturated carbocycles. The Morgan fingerprint density at radius 1 is 1.25 bits per heavy atom. The summed E-state index contributed by atoms with van der Waals surface area (Å²) in [5.41, 5.74) is 0.880. The molecule has 1 amide bonds. The Morgan fingerprint density at radius 2 is 2.04 bits per heavy atom. The van der Waals surface area contributed by atoms with Gasteiger partial charge in [0.25, 0.3) is 10.0 Å². The molecule has 3 rings (SSSR count). The second-order valence-electron chi connectivity index (χ2n) is 6.54. The zero-order chi connectivity index (χ0) is 20.1. The lowest BCUT2D eigenvalue weighted by atomic mass is 9.98. The molecule has 1 saturated heterocycles. The van der Waals surface area contributed by atoms with Crippen molar-refractivity contribution in [2.75, 3.05) is 27.3 Å². The SMILES string of the molecule is COc1ccc(CNC(=O)[C@@H]2CCCN(S(=O)(=O)c3cccs3)C2)cc1OC. The highest BCUT2D eigenvalue weighted by Crippen LogP contribution is 2.28. The molecule has 2 aromatic rings. The largest absolute Gasteiger partial charge is 0.493 e. The number of amides is 1. The fourth-order valence-electron chi connectivity index (χ4n) is 3.24. The summed E-state index contributed by atoms with van der Waals surface area (Å²) in [6.07, 6.45) is 1.34. The number of methoxy groups -OCH3 is 2. The topological polar surface area (TPSA) is 84.9 Å². The lowest BCUT2D eigenvalue weighted by Gasteiger charge is -2.30. The van der Waals surface area contributed by atoms with E-state index in [9.17, 15) is 13.2 Å². The molecule has 1 fully saturated rings. The normalized spacial score (nSPS) is 17.9. The minimum Gasteiger partial charge on any atom is -0.493 e. The van der Waals surface area contributed by atoms with E-state index in [0.29, 0.717) is 41.6 Å². The molecule has 0 aliphatic carbocycles. The summed E-state index contributed by atoms with van der Waals surface area (Å²) in [5.74, 6) is 0.726. The summed E-state index contributed by atoms with van der Waals surface area (Å²) < 4.78 is 37.6. The van der Waals surface area contributed by atoms with Crippen LogP contribution in [0.5, 0.6) is 11.5 Å². The zero-order valence-corrected chi connectivity index (χ0v) is 17.5. The van der Waals surface area contributed by atoms with Crippen LogP contribution in [-0.2, 0) is 21.4 Å². The maximum atomic E-state index is 12.7. The highest BCUT2D eigenvalue weighted by molar-refractivity contribution is 7.91. The molecule has 1 aliphatic heterocycles. The summed E-state index contributed by atoms with van der Waals surface area (Å²) in [4.78, 5) is 12.6. The molecule has 2 heterocycles. The number of benzene rings is 1. The van der Waals surface area contributed by atoms with Crippen molar-refractivity contribution in [2.24, 2.45) is 5.92 Å². The van der Waals surface area contributed by atoms with Crippen LogP contribution >= 0.6 is 11.3 Å². The van der Waals surface area contributed by atoms with Gasteiger partial charge in [-0.05, 0) is 42.0 Å². The Bertz CT molecular complexity index is 912. The van der Waals surface area contributed by atoms with Crippen molar-refractivity contribution in [3.05, 3.63) is 41.3 Å². The van der Waals surface area contributed by atoms with E-state index in [4.69, 9.17) is 9.47 Å². The molecule has 0 bridgehead atoms. The second-order valence-corrected chi connectivity index (χ2v) is 9.65. The summed E-state index contributed by atoms with van der Waals surface area (Å²) in [6.45, 7) is 0.991. The average Bonchev–Trinajstić information content (AvgIpc) is 3.27. The van der Waals surface area contributed by atoms with Gasteiger partial charge in [0.2, 0.25) is 5.91 Å². The van der Waals surface area contributed by atoms with Gasteiger partial charge in [0.05, 0.1) is 20.1 Å². The van der Waals surface area contributed by atoms with Gasteiger partial charge in [-0.2, -0.15) is 4.31 Å². The van der Waals surface area contributed by atoms with Crippen molar-refractivity contribution < 1.29 is 22.7 Å². The fraction of sp³-hybridized carbons (Fsp3) is 0.421. The van der Waals surface area contributed by atoms with Crippen LogP contribution in [-0.4, -0.2) is 45.9 Å². The molecule has 0 radical (unpaired) electrons. The monoisotopic (exact) mass is 424 g/mol. The highest BCUT2D eigenvalue weighted by atomic mass is 32.2. The Labute approximate surface area is 169 Å². The maximum Gasteiger partial charge on any atom is 0.252 e. The quantitative estimate of drug-likeness (QED) is 0.738. The minimum atomic E-state index is -3.53. The van der Waals surface area contributed by atoms with Gasteiger partial charge < -0.3 is 14.8 Å². The van der Waals surface area contributed by atoms with E-state index in [0.717, 1.165) is 5.56 Å². The van der Waals surface area contributed by atoms with Gasteiger partial charge in [-0.15, -0.1) is 11.3 Å². The van der Waals surface area contributed by atoms with E-state index in [1.807, 2.05) is 12.1 Å². The highest BCUT2D eigenvalue weighted by Gasteiger charge is 2.33. The predicted molar refractivity (Wildman–Crippen MR) is 107 cm³/mol. The molecule has 7 nitrogen and oxygen atoms in total. The number of hydrogen-bond donors (Lipinski definition) is 1. The molecule has 0 spiro atoms. The van der Waals surface area contributed by atoms with Crippen LogP contribution in [0.4, 0.5) is 0 Å². The first-order valence-electron chi connectivity index (χ1n) is 8.98. The van der Waals surface area contributed by atoms with Crippen molar-refractivity contribution in [3.63, 3.8) is 0 Å². The maximum absolute atomic E-state index is 12.7. The van der Waals surface area contributed by atoms with Crippen LogP contribution in [0.25, 0.3) is 0 Å². The second kappa shape index (κ2) is 8.93. The number of piperidine rings is 1. The molecule has 1 aromatic heterocycles. The fourth-order valence-corrected chi connectivity index (χ4v) is 5.90. The Morgan fingerprint density at radius 3 is 2.71 bits per heavy atom. The Kier molecular flexibility index (Phi) is 6.58. The first kappa shape index (κ1) is 20.6. The Hall–Kier alpha value is -2.10. The lowest BCUT2D eigenvalue weighted by Crippen LogP contribution is -2.45. The number of hydrogen-bond acceptors (Lipinski definition) is 6. The molecule has 1 aromatic carbocycles. The number of thiophene rings is 1. The third-order valence-electron chi connectivity index (χ3n) is 4.76. The van der Waals surface area contributed by atoms with Crippen LogP contribution in [0.3, 0.4) is 0 Å². The third-order valence-corrected chi connectivity index (χ3v) is 8.00. The molecule has 9 heteroatoms. The molecule has 1 atom stereocenters. The van der Waals surface area contributed by atoms with Gasteiger partial charge in [0, 0.05) is 19.6 Å². The van der Waals surface area contributed by atoms with Crippen molar-refractivity contribution in [1.29, 1.82) is 0 Å². The summed E-state index contributed by atoms with van der Waals surface area (Å²) >= 11 is 1.19. The number of ether oxygens (including phenoxy) is 2. The molecule has 0 unspecified atom stereocenters. The number of rotatable bonds is 7. The zero-order valence-electron chi connectivity index (χ0n) is 15.9. The number of nitrogens with one attached hydrogen (secondary N) is 1. The van der Waals surface area contributed by atoms with E-state index in [-0.39, 0.29) is 18.4 Å². The van der Waals surface area contributed by atoms with Crippen LogP contribution in [0.2, 0.25) is 0 Å². The van der Waals surface area contributed by atoms with Crippen LogP contribution in [0.1, 0.15) is 18.4 Å². The summed E-state index contributed by atoms with van der Waals surface area (Å²) in [5, 5.41) is 4.65. The predicted octanol–water partition coefficient (Wildman–Crippen LogP) is 2.48. The molecule has 1 aliphatic rings. The minimum absolute atomic E-state index is 0.138. The van der Waals surface area contributed by atoms with Crippen molar-refractivity contribution in [3.8, 4) is 11.5 Å². The number of carbonyl (C=O) groups is 1. The lowest BCUT2D eigenvalue weighted by molar-refractivity contribution is -0.126. The number of carbonyl (C=O) groups excluding carboxylic acids is 1. The Balaban J connectivity index is 1.62. The van der Waals surface area contributed by atoms with Crippen molar-refractivity contribution in [1.82, 2.24) is 9.62 Å². The van der Waals surface area contributed by atoms with Gasteiger partial charge in [0.1, 0.15) is 4.21 Å². The van der Waals surface area contributed by atoms with Gasteiger partial charge in [-0.1, -0.05) is 12.1 Å². The first-order chi connectivity index (χ1) is 13.5. The van der Waals surface area contributed by atoms with Gasteiger partial charge in [-0.3, -0.25) is 4.79 Å². The number of nitrogens with zero attached hydrogens (tertiary/aromatic N) is 1. The van der Waals surface area contributed by atoms with Gasteiger partial charge >= 0.3 is 0 Å². The molecule has 28 heavy (non-hydrogen) atoms. The summed E-state index contributed by atoms with van der Waals surface area (Å²) in [7, 11) is -0.399. The summed E-state index contributed by atoms with van der Waals surface area (Å²) in [6, 6.07) is 8.77. The smallest absolute Gasteiger partial charge is 0.252 e.